The van der Waals surface area contributed by atoms with E-state index in [4.69, 9.17) is 15.9 Å². The van der Waals surface area contributed by atoms with Crippen LogP contribution in [0.5, 0.6) is 5.75 Å². The van der Waals surface area contributed by atoms with Gasteiger partial charge in [0.1, 0.15) is 12.4 Å². The summed E-state index contributed by atoms with van der Waals surface area (Å²) in [5, 5.41) is 10.5. The Kier molecular flexibility index (Phi) is 6.00. The van der Waals surface area contributed by atoms with Gasteiger partial charge in [-0.25, -0.2) is 9.69 Å². The molecule has 6 nitrogen and oxygen atoms in total. The van der Waals surface area contributed by atoms with Crippen LogP contribution in [-0.4, -0.2) is 18.5 Å². The molecule has 0 saturated heterocycles. The van der Waals surface area contributed by atoms with Gasteiger partial charge in [0.25, 0.3) is 0 Å². The fraction of sp³-hybridized carbons (Fsp3) is 0.263. The van der Waals surface area contributed by atoms with E-state index in [0.717, 1.165) is 16.7 Å². The molecule has 2 aromatic carbocycles. The number of anilines is 1. The number of rotatable bonds is 5. The quantitative estimate of drug-likeness (QED) is 0.576. The van der Waals surface area contributed by atoms with Crippen molar-refractivity contribution in [2.75, 3.05) is 11.4 Å². The number of ether oxygens (including phenoxy) is 1. The highest BCUT2D eigenvalue weighted by Crippen LogP contribution is 2.32. The van der Waals surface area contributed by atoms with Crippen LogP contribution in [0.1, 0.15) is 23.6 Å². The molecule has 0 fully saturated rings. The van der Waals surface area contributed by atoms with Gasteiger partial charge in [-0.2, -0.15) is 0 Å². The summed E-state index contributed by atoms with van der Waals surface area (Å²) in [4.78, 5) is 13.5. The lowest BCUT2D eigenvalue weighted by molar-refractivity contribution is 0.249. The molecule has 0 heterocycles. The first kappa shape index (κ1) is 18.3. The molecule has 2 rings (SSSR count). The van der Waals surface area contributed by atoms with Gasteiger partial charge in [0, 0.05) is 12.1 Å². The minimum absolute atomic E-state index is 0.336. The number of nitrogens with one attached hydrogen (secondary N) is 2. The Balaban J connectivity index is 2.34. The minimum Gasteiger partial charge on any atom is -0.489 e. The number of hydrogen-bond acceptors (Lipinski definition) is 3. The maximum Gasteiger partial charge on any atom is 0.328 e. The zero-order valence-electron chi connectivity index (χ0n) is 14.8. The predicted molar refractivity (Wildman–Crippen MR) is 100 cm³/mol. The number of hydrogen-bond donors (Lipinski definition) is 3. The van der Waals surface area contributed by atoms with Crippen LogP contribution in [0, 0.1) is 19.3 Å². The third kappa shape index (κ3) is 4.29. The summed E-state index contributed by atoms with van der Waals surface area (Å²) in [7, 11) is 0. The Morgan fingerprint density at radius 3 is 2.48 bits per heavy atom. The largest absolute Gasteiger partial charge is 0.489 e. The predicted octanol–water partition coefficient (Wildman–Crippen LogP) is 3.31. The smallest absolute Gasteiger partial charge is 0.328 e. The molecule has 0 aliphatic rings. The summed E-state index contributed by atoms with van der Waals surface area (Å²) in [6, 6.07) is 13.1. The zero-order chi connectivity index (χ0) is 18.4. The highest BCUT2D eigenvalue weighted by Gasteiger charge is 2.23. The summed E-state index contributed by atoms with van der Waals surface area (Å²) < 4.78 is 5.92. The Labute approximate surface area is 148 Å². The van der Waals surface area contributed by atoms with Crippen molar-refractivity contribution in [3.05, 3.63) is 59.2 Å². The van der Waals surface area contributed by atoms with Gasteiger partial charge >= 0.3 is 6.03 Å². The molecule has 0 bridgehead atoms. The van der Waals surface area contributed by atoms with Crippen molar-refractivity contribution in [1.29, 1.82) is 5.41 Å². The Hall–Kier alpha value is -3.02. The maximum atomic E-state index is 12.3. The molecule has 2 amide bonds. The third-order valence-electron chi connectivity index (χ3n) is 3.82. The summed E-state index contributed by atoms with van der Waals surface area (Å²) in [5.74, 6) is 0.317. The number of carbonyl (C=O) groups excluding carboxylic acids is 1. The van der Waals surface area contributed by atoms with Crippen molar-refractivity contribution < 1.29 is 9.53 Å². The topological polar surface area (TPSA) is 91.4 Å². The van der Waals surface area contributed by atoms with E-state index in [1.54, 1.807) is 0 Å². The molecule has 0 aliphatic carbocycles. The Morgan fingerprint density at radius 1 is 1.20 bits per heavy atom. The summed E-state index contributed by atoms with van der Waals surface area (Å²) in [6.07, 6.45) is 0. The first-order valence-corrected chi connectivity index (χ1v) is 8.14. The lowest BCUT2D eigenvalue weighted by Crippen LogP contribution is -2.47. The number of amides is 2. The minimum atomic E-state index is -0.429. The van der Waals surface area contributed by atoms with E-state index in [1.807, 2.05) is 63.2 Å². The van der Waals surface area contributed by atoms with Gasteiger partial charge in [0.05, 0.1) is 5.69 Å². The Morgan fingerprint density at radius 2 is 1.88 bits per heavy atom. The van der Waals surface area contributed by atoms with Gasteiger partial charge in [-0.15, -0.1) is 0 Å². The summed E-state index contributed by atoms with van der Waals surface area (Å²) in [5.41, 5.74) is 8.89. The highest BCUT2D eigenvalue weighted by atomic mass is 16.5. The van der Waals surface area contributed by atoms with Crippen LogP contribution < -0.4 is 20.7 Å². The van der Waals surface area contributed by atoms with E-state index in [1.165, 1.54) is 4.90 Å². The van der Waals surface area contributed by atoms with Crippen LogP contribution in [0.2, 0.25) is 0 Å². The normalized spacial score (nSPS) is 10.2. The lowest BCUT2D eigenvalue weighted by atomic mass is 10.1. The number of benzene rings is 2. The van der Waals surface area contributed by atoms with Crippen molar-refractivity contribution in [2.24, 2.45) is 5.73 Å². The monoisotopic (exact) mass is 340 g/mol. The van der Waals surface area contributed by atoms with E-state index in [-0.39, 0.29) is 5.96 Å². The number of carbonyl (C=O) groups is 1. The SMILES string of the molecule is CCNC(=O)N(C(=N)N)c1c(C)ccc(OCc2ccccc2)c1C. The molecule has 0 atom stereocenters. The number of urea groups is 1. The molecule has 25 heavy (non-hydrogen) atoms. The van der Waals surface area contributed by atoms with Gasteiger partial charge in [-0.05, 0) is 38.0 Å². The van der Waals surface area contributed by atoms with Crippen molar-refractivity contribution in [2.45, 2.75) is 27.4 Å². The average Bonchev–Trinajstić information content (AvgIpc) is 2.58. The average molecular weight is 340 g/mol. The van der Waals surface area contributed by atoms with Crippen LogP contribution in [0.3, 0.4) is 0 Å². The molecule has 4 N–H and O–H groups in total. The van der Waals surface area contributed by atoms with E-state index in [9.17, 15) is 4.79 Å². The van der Waals surface area contributed by atoms with Crippen molar-refractivity contribution >= 4 is 17.7 Å². The second-order valence-corrected chi connectivity index (χ2v) is 5.68. The molecule has 0 aliphatic heterocycles. The second kappa shape index (κ2) is 8.19. The van der Waals surface area contributed by atoms with E-state index in [0.29, 0.717) is 24.6 Å². The van der Waals surface area contributed by atoms with Crippen molar-refractivity contribution in [1.82, 2.24) is 5.32 Å². The van der Waals surface area contributed by atoms with E-state index < -0.39 is 6.03 Å². The highest BCUT2D eigenvalue weighted by molar-refractivity contribution is 6.14. The van der Waals surface area contributed by atoms with Crippen molar-refractivity contribution in [3.8, 4) is 5.75 Å². The van der Waals surface area contributed by atoms with Crippen LogP contribution in [0.25, 0.3) is 0 Å². The van der Waals surface area contributed by atoms with Gasteiger partial charge in [-0.1, -0.05) is 36.4 Å². The van der Waals surface area contributed by atoms with E-state index in [2.05, 4.69) is 5.32 Å². The molecule has 0 radical (unpaired) electrons. The summed E-state index contributed by atoms with van der Waals surface area (Å²) in [6.45, 7) is 6.42. The molecule has 2 aromatic rings. The van der Waals surface area contributed by atoms with Crippen LogP contribution in [0.15, 0.2) is 42.5 Å². The van der Waals surface area contributed by atoms with Crippen molar-refractivity contribution in [3.63, 3.8) is 0 Å². The molecular weight excluding hydrogens is 316 g/mol. The number of guanidine groups is 1. The summed E-state index contributed by atoms with van der Waals surface area (Å²) >= 11 is 0. The molecular formula is C19H24N4O2. The van der Waals surface area contributed by atoms with Crippen LogP contribution in [-0.2, 0) is 6.61 Å². The molecule has 0 saturated carbocycles. The fourth-order valence-corrected chi connectivity index (χ4v) is 2.61. The Bertz CT molecular complexity index is 760. The number of aryl methyl sites for hydroxylation is 1. The maximum absolute atomic E-state index is 12.3. The third-order valence-corrected chi connectivity index (χ3v) is 3.82. The molecule has 0 unspecified atom stereocenters. The number of nitrogens with two attached hydrogens (primary N) is 1. The first-order chi connectivity index (χ1) is 12.0. The number of nitrogens with zero attached hydrogens (tertiary/aromatic N) is 1. The second-order valence-electron chi connectivity index (χ2n) is 5.68. The molecule has 0 spiro atoms. The first-order valence-electron chi connectivity index (χ1n) is 8.14. The lowest BCUT2D eigenvalue weighted by Gasteiger charge is -2.25. The molecule has 6 heteroatoms. The van der Waals surface area contributed by atoms with Gasteiger partial charge in [0.15, 0.2) is 0 Å². The van der Waals surface area contributed by atoms with Gasteiger partial charge < -0.3 is 15.8 Å². The van der Waals surface area contributed by atoms with Crippen LogP contribution in [0.4, 0.5) is 10.5 Å². The van der Waals surface area contributed by atoms with E-state index >= 15 is 0 Å². The van der Waals surface area contributed by atoms with Crippen LogP contribution >= 0.6 is 0 Å². The fourth-order valence-electron chi connectivity index (χ4n) is 2.61. The zero-order valence-corrected chi connectivity index (χ0v) is 14.8. The molecule has 132 valence electrons. The van der Waals surface area contributed by atoms with Gasteiger partial charge in [-0.3, -0.25) is 5.41 Å². The molecule has 0 aromatic heterocycles. The standard InChI is InChI=1S/C19H24N4O2/c1-4-22-19(24)23(18(20)21)17-13(2)10-11-16(14(17)3)25-12-15-8-6-5-7-9-15/h5-11H,4,12H2,1-3H3,(H3,20,21)(H,22,24). The van der Waals surface area contributed by atoms with Gasteiger partial charge in [0.2, 0.25) is 5.96 Å².